The maximum Gasteiger partial charge on any atom is 0.410 e. The molecule has 0 bridgehead atoms. The first-order chi connectivity index (χ1) is 10.9. The predicted octanol–water partition coefficient (Wildman–Crippen LogP) is 3.96. The Morgan fingerprint density at radius 3 is 2.65 bits per heavy atom. The molecular weight excluding hydrogens is 288 g/mol. The zero-order valence-corrected chi connectivity index (χ0v) is 14.5. The molecule has 126 valence electrons. The summed E-state index contributed by atoms with van der Waals surface area (Å²) in [4.78, 5) is 16.8. The Hall–Kier alpha value is -1.55. The van der Waals surface area contributed by atoms with Crippen LogP contribution in [-0.4, -0.2) is 41.1 Å². The van der Waals surface area contributed by atoms with Gasteiger partial charge in [-0.05, 0) is 64.3 Å². The number of likely N-dealkylation sites (tertiary alicyclic amines) is 2. The summed E-state index contributed by atoms with van der Waals surface area (Å²) < 4.78 is 5.57. The van der Waals surface area contributed by atoms with E-state index >= 15 is 0 Å². The molecule has 1 aromatic carbocycles. The molecule has 0 aromatic heterocycles. The van der Waals surface area contributed by atoms with Crippen LogP contribution in [0.1, 0.15) is 57.2 Å². The first-order valence-corrected chi connectivity index (χ1v) is 8.73. The van der Waals surface area contributed by atoms with Crippen molar-refractivity contribution < 1.29 is 9.53 Å². The molecule has 1 unspecified atom stereocenters. The van der Waals surface area contributed by atoms with E-state index in [0.29, 0.717) is 0 Å². The van der Waals surface area contributed by atoms with Crippen LogP contribution < -0.4 is 0 Å². The van der Waals surface area contributed by atoms with Crippen molar-refractivity contribution in [2.75, 3.05) is 19.6 Å². The number of amides is 1. The lowest BCUT2D eigenvalue weighted by Crippen LogP contribution is -2.37. The average molecular weight is 316 g/mol. The molecule has 23 heavy (non-hydrogen) atoms. The zero-order chi connectivity index (χ0) is 16.4. The maximum atomic E-state index is 12.5. The van der Waals surface area contributed by atoms with Crippen LogP contribution in [0.4, 0.5) is 4.79 Å². The van der Waals surface area contributed by atoms with Gasteiger partial charge in [-0.25, -0.2) is 4.79 Å². The van der Waals surface area contributed by atoms with Crippen molar-refractivity contribution in [2.45, 2.75) is 58.2 Å². The highest BCUT2D eigenvalue weighted by atomic mass is 16.6. The van der Waals surface area contributed by atoms with E-state index in [-0.39, 0.29) is 12.1 Å². The molecule has 1 aromatic rings. The Kier molecular flexibility index (Phi) is 4.62. The van der Waals surface area contributed by atoms with E-state index in [2.05, 4.69) is 29.2 Å². The van der Waals surface area contributed by atoms with Crippen LogP contribution >= 0.6 is 0 Å². The zero-order valence-electron chi connectivity index (χ0n) is 14.5. The number of hydrogen-bond acceptors (Lipinski definition) is 3. The highest BCUT2D eigenvalue weighted by Gasteiger charge is 2.33. The van der Waals surface area contributed by atoms with Gasteiger partial charge in [-0.2, -0.15) is 0 Å². The summed E-state index contributed by atoms with van der Waals surface area (Å²) >= 11 is 0. The van der Waals surface area contributed by atoms with Crippen LogP contribution in [0, 0.1) is 0 Å². The van der Waals surface area contributed by atoms with E-state index in [4.69, 9.17) is 4.74 Å². The van der Waals surface area contributed by atoms with E-state index in [1.165, 1.54) is 30.6 Å². The fraction of sp³-hybridized carbons (Fsp3) is 0.632. The number of hydrogen-bond donors (Lipinski definition) is 0. The van der Waals surface area contributed by atoms with Crippen molar-refractivity contribution in [3.05, 3.63) is 35.4 Å². The molecule has 2 saturated heterocycles. The summed E-state index contributed by atoms with van der Waals surface area (Å²) in [6.45, 7) is 9.98. The number of ether oxygens (including phenoxy) is 1. The summed E-state index contributed by atoms with van der Waals surface area (Å²) in [5.74, 6) is 0. The van der Waals surface area contributed by atoms with Gasteiger partial charge >= 0.3 is 6.09 Å². The van der Waals surface area contributed by atoms with Crippen molar-refractivity contribution in [1.29, 1.82) is 0 Å². The summed E-state index contributed by atoms with van der Waals surface area (Å²) in [7, 11) is 0. The van der Waals surface area contributed by atoms with Gasteiger partial charge in [-0.3, -0.25) is 4.90 Å². The van der Waals surface area contributed by atoms with Crippen molar-refractivity contribution in [3.8, 4) is 0 Å². The molecule has 1 atom stereocenters. The fourth-order valence-electron chi connectivity index (χ4n) is 3.35. The molecule has 1 amide bonds. The second kappa shape index (κ2) is 6.52. The number of nitrogens with zero attached hydrogens (tertiary/aromatic N) is 2. The highest BCUT2D eigenvalue weighted by molar-refractivity contribution is 5.69. The quantitative estimate of drug-likeness (QED) is 0.846. The van der Waals surface area contributed by atoms with Gasteiger partial charge in [-0.1, -0.05) is 24.3 Å². The minimum absolute atomic E-state index is 0.154. The number of carbonyl (C=O) groups excluding carboxylic acids is 1. The third-order valence-corrected chi connectivity index (χ3v) is 4.57. The molecule has 4 nitrogen and oxygen atoms in total. The van der Waals surface area contributed by atoms with Gasteiger partial charge in [0, 0.05) is 13.1 Å². The molecule has 0 spiro atoms. The Balaban J connectivity index is 1.71. The van der Waals surface area contributed by atoms with Crippen LogP contribution in [0.25, 0.3) is 0 Å². The number of rotatable bonds is 3. The average Bonchev–Trinajstić information content (AvgIpc) is 2.91. The van der Waals surface area contributed by atoms with Crippen LogP contribution in [-0.2, 0) is 11.3 Å². The Labute approximate surface area is 139 Å². The van der Waals surface area contributed by atoms with Gasteiger partial charge in [0.1, 0.15) is 5.60 Å². The van der Waals surface area contributed by atoms with E-state index < -0.39 is 5.60 Å². The van der Waals surface area contributed by atoms with Crippen molar-refractivity contribution in [2.24, 2.45) is 0 Å². The second-order valence-corrected chi connectivity index (χ2v) is 7.71. The Morgan fingerprint density at radius 1 is 1.22 bits per heavy atom. The largest absolute Gasteiger partial charge is 0.444 e. The van der Waals surface area contributed by atoms with Crippen LogP contribution in [0.15, 0.2) is 24.3 Å². The van der Waals surface area contributed by atoms with Crippen molar-refractivity contribution in [1.82, 2.24) is 9.80 Å². The van der Waals surface area contributed by atoms with Gasteiger partial charge in [0.25, 0.3) is 0 Å². The summed E-state index contributed by atoms with van der Waals surface area (Å²) in [6.07, 6.45) is 3.19. The second-order valence-electron chi connectivity index (χ2n) is 7.71. The fourth-order valence-corrected chi connectivity index (χ4v) is 3.35. The van der Waals surface area contributed by atoms with Crippen LogP contribution in [0.3, 0.4) is 0 Å². The standard InChI is InChI=1S/C19H28N2O2/c1-19(2,3)23-18(22)21-12-5-9-17(21)16-8-4-7-15(13-16)14-20-10-6-11-20/h4,7-8,13,17H,5-6,9-12,14H2,1-3H3. The van der Waals surface area contributed by atoms with E-state index in [1.807, 2.05) is 25.7 Å². The van der Waals surface area contributed by atoms with Crippen LogP contribution in [0.5, 0.6) is 0 Å². The third kappa shape index (κ3) is 4.05. The Morgan fingerprint density at radius 2 is 2.00 bits per heavy atom. The van der Waals surface area contributed by atoms with Crippen LogP contribution in [0.2, 0.25) is 0 Å². The lowest BCUT2D eigenvalue weighted by atomic mass is 10.0. The van der Waals surface area contributed by atoms with Crippen molar-refractivity contribution in [3.63, 3.8) is 0 Å². The summed E-state index contributed by atoms with van der Waals surface area (Å²) in [6, 6.07) is 8.88. The molecule has 0 N–H and O–H groups in total. The van der Waals surface area contributed by atoms with E-state index in [9.17, 15) is 4.79 Å². The predicted molar refractivity (Wildman–Crippen MR) is 91.3 cm³/mol. The lowest BCUT2D eigenvalue weighted by Gasteiger charge is -2.31. The SMILES string of the molecule is CC(C)(C)OC(=O)N1CCCC1c1cccc(CN2CCC2)c1. The van der Waals surface area contributed by atoms with Gasteiger partial charge < -0.3 is 9.64 Å². The molecule has 2 aliphatic rings. The van der Waals surface area contributed by atoms with Gasteiger partial charge in [0.2, 0.25) is 0 Å². The molecule has 2 heterocycles. The molecule has 2 aliphatic heterocycles. The molecule has 0 radical (unpaired) electrons. The molecule has 0 aliphatic carbocycles. The topological polar surface area (TPSA) is 32.8 Å². The van der Waals surface area contributed by atoms with E-state index in [1.54, 1.807) is 0 Å². The monoisotopic (exact) mass is 316 g/mol. The maximum absolute atomic E-state index is 12.5. The third-order valence-electron chi connectivity index (χ3n) is 4.57. The molecule has 3 rings (SSSR count). The minimum Gasteiger partial charge on any atom is -0.444 e. The first kappa shape index (κ1) is 16.3. The van der Waals surface area contributed by atoms with E-state index in [0.717, 1.165) is 25.9 Å². The van der Waals surface area contributed by atoms with Gasteiger partial charge in [0.05, 0.1) is 6.04 Å². The smallest absolute Gasteiger partial charge is 0.410 e. The summed E-state index contributed by atoms with van der Waals surface area (Å²) in [5, 5.41) is 0. The number of benzene rings is 1. The van der Waals surface area contributed by atoms with Crippen molar-refractivity contribution >= 4 is 6.09 Å². The lowest BCUT2D eigenvalue weighted by molar-refractivity contribution is 0.0224. The molecule has 4 heteroatoms. The molecule has 0 saturated carbocycles. The van der Waals surface area contributed by atoms with Gasteiger partial charge in [-0.15, -0.1) is 0 Å². The Bertz CT molecular complexity index is 561. The summed E-state index contributed by atoms with van der Waals surface area (Å²) in [5.41, 5.74) is 2.15. The minimum atomic E-state index is -0.441. The molecular formula is C19H28N2O2. The van der Waals surface area contributed by atoms with Gasteiger partial charge in [0.15, 0.2) is 0 Å². The normalized spacial score (nSPS) is 22.0. The number of carbonyl (C=O) groups is 1. The molecule has 2 fully saturated rings. The highest BCUT2D eigenvalue weighted by Crippen LogP contribution is 2.33. The first-order valence-electron chi connectivity index (χ1n) is 8.73.